The van der Waals surface area contributed by atoms with Crippen molar-refractivity contribution >= 4 is 40.7 Å². The van der Waals surface area contributed by atoms with Gasteiger partial charge in [0, 0.05) is 57.9 Å². The Balaban J connectivity index is 1.43. The zero-order chi connectivity index (χ0) is 20.1. The molecule has 1 aliphatic heterocycles. The van der Waals surface area contributed by atoms with Crippen LogP contribution in [0, 0.1) is 0 Å². The molecule has 0 radical (unpaired) electrons. The highest BCUT2D eigenvalue weighted by atomic mass is 35.5. The summed E-state index contributed by atoms with van der Waals surface area (Å²) in [6.45, 7) is 3.28. The van der Waals surface area contributed by atoms with E-state index in [1.807, 2.05) is 48.7 Å². The van der Waals surface area contributed by atoms with E-state index >= 15 is 0 Å². The highest BCUT2D eigenvalue weighted by molar-refractivity contribution is 8.00. The van der Waals surface area contributed by atoms with E-state index in [9.17, 15) is 0 Å². The van der Waals surface area contributed by atoms with Gasteiger partial charge in [-0.05, 0) is 67.6 Å². The number of aryl methyl sites for hydroxylation is 1. The van der Waals surface area contributed by atoms with Crippen LogP contribution in [0.25, 0.3) is 0 Å². The summed E-state index contributed by atoms with van der Waals surface area (Å²) in [4.78, 5) is 7.97. The van der Waals surface area contributed by atoms with Crippen molar-refractivity contribution in [1.82, 2.24) is 9.55 Å². The number of imidazole rings is 1. The molecule has 4 rings (SSSR count). The maximum absolute atomic E-state index is 6.38. The van der Waals surface area contributed by atoms with Gasteiger partial charge in [-0.1, -0.05) is 29.3 Å². The molecule has 0 aliphatic carbocycles. The number of hydrogen-bond donors (Lipinski definition) is 0. The highest BCUT2D eigenvalue weighted by Gasteiger charge is 2.15. The summed E-state index contributed by atoms with van der Waals surface area (Å²) in [7, 11) is 0. The predicted octanol–water partition coefficient (Wildman–Crippen LogP) is 6.58. The van der Waals surface area contributed by atoms with Crippen LogP contribution in [0.5, 0.6) is 0 Å². The average molecular weight is 446 g/mol. The smallest absolute Gasteiger partial charge is 0.0946 e. The van der Waals surface area contributed by atoms with Gasteiger partial charge in [0.2, 0.25) is 0 Å². The van der Waals surface area contributed by atoms with Gasteiger partial charge >= 0.3 is 0 Å². The van der Waals surface area contributed by atoms with E-state index in [1.54, 1.807) is 0 Å². The molecule has 1 aliphatic rings. The molecule has 0 saturated carbocycles. The number of anilines is 1. The Bertz CT molecular complexity index is 906. The van der Waals surface area contributed by atoms with E-state index in [2.05, 4.69) is 38.7 Å². The molecule has 1 fully saturated rings. The number of benzene rings is 2. The molecule has 1 atom stereocenters. The lowest BCUT2D eigenvalue weighted by Gasteiger charge is -2.20. The molecular weight excluding hydrogens is 421 g/mol. The number of nitrogens with zero attached hydrogens (tertiary/aromatic N) is 3. The van der Waals surface area contributed by atoms with Gasteiger partial charge < -0.3 is 9.47 Å². The monoisotopic (exact) mass is 445 g/mol. The van der Waals surface area contributed by atoms with Crippen LogP contribution in [0.4, 0.5) is 5.69 Å². The predicted molar refractivity (Wildman–Crippen MR) is 125 cm³/mol. The van der Waals surface area contributed by atoms with E-state index in [0.717, 1.165) is 30.0 Å². The summed E-state index contributed by atoms with van der Waals surface area (Å²) in [6, 6.07) is 14.8. The minimum Gasteiger partial charge on any atom is -0.372 e. The maximum Gasteiger partial charge on any atom is 0.0946 e. The largest absolute Gasteiger partial charge is 0.372 e. The van der Waals surface area contributed by atoms with Crippen molar-refractivity contribution in [3.63, 3.8) is 0 Å². The summed E-state index contributed by atoms with van der Waals surface area (Å²) < 4.78 is 2.15. The van der Waals surface area contributed by atoms with Gasteiger partial charge in [0.15, 0.2) is 0 Å². The number of thioether (sulfide) groups is 1. The fourth-order valence-electron chi connectivity index (χ4n) is 3.76. The number of halogens is 2. The Morgan fingerprint density at radius 1 is 1.03 bits per heavy atom. The number of hydrogen-bond acceptors (Lipinski definition) is 3. The molecule has 152 valence electrons. The molecule has 2 heterocycles. The van der Waals surface area contributed by atoms with Crippen LogP contribution < -0.4 is 4.90 Å². The molecule has 1 unspecified atom stereocenters. The van der Waals surface area contributed by atoms with Gasteiger partial charge in [-0.3, -0.25) is 0 Å². The molecule has 3 nitrogen and oxygen atoms in total. The zero-order valence-corrected chi connectivity index (χ0v) is 18.6. The summed E-state index contributed by atoms with van der Waals surface area (Å²) in [5.41, 5.74) is 2.49. The lowest BCUT2D eigenvalue weighted by atomic mass is 10.1. The Hall–Kier alpha value is -1.62. The molecule has 0 N–H and O–H groups in total. The normalized spacial score (nSPS) is 15.0. The van der Waals surface area contributed by atoms with Gasteiger partial charge in [-0.15, -0.1) is 11.8 Å². The molecule has 3 aromatic rings. The second-order valence-corrected chi connectivity index (χ2v) is 9.68. The topological polar surface area (TPSA) is 21.1 Å². The lowest BCUT2D eigenvalue weighted by molar-refractivity contribution is 0.624. The van der Waals surface area contributed by atoms with Gasteiger partial charge in [0.25, 0.3) is 0 Å². The van der Waals surface area contributed by atoms with Crippen LogP contribution in [0.3, 0.4) is 0 Å². The second kappa shape index (κ2) is 9.92. The van der Waals surface area contributed by atoms with Crippen LogP contribution in [-0.4, -0.2) is 27.9 Å². The van der Waals surface area contributed by atoms with E-state index in [0.29, 0.717) is 10.3 Å². The quantitative estimate of drug-likeness (QED) is 0.365. The molecule has 1 aromatic heterocycles. The second-order valence-electron chi connectivity index (χ2n) is 7.46. The number of aromatic nitrogens is 2. The fraction of sp³-hybridized carbons (Fsp3) is 0.348. The number of rotatable bonds is 8. The Kier molecular flexibility index (Phi) is 7.06. The van der Waals surface area contributed by atoms with Crippen molar-refractivity contribution in [1.29, 1.82) is 0 Å². The van der Waals surface area contributed by atoms with Crippen LogP contribution in [0.1, 0.15) is 24.8 Å². The summed E-state index contributed by atoms with van der Waals surface area (Å²) in [5.74, 6) is 0. The minimum absolute atomic E-state index is 0.425. The standard InChI is InChI=1S/C23H25Cl2N3S/c24-19-5-3-18(23(25)15-19)4-8-22(16-27-14-11-26-17-27)29-21-9-6-20(7-10-21)28-12-1-2-13-28/h3,5-7,9-11,14-15,17,22H,1-2,4,8,12-13,16H2. The zero-order valence-electron chi connectivity index (χ0n) is 16.3. The Labute approximate surface area is 187 Å². The molecular formula is C23H25Cl2N3S. The van der Waals surface area contributed by atoms with E-state index in [1.165, 1.54) is 36.5 Å². The fourth-order valence-corrected chi connectivity index (χ4v) is 5.43. The first-order chi connectivity index (χ1) is 14.2. The van der Waals surface area contributed by atoms with E-state index < -0.39 is 0 Å². The van der Waals surface area contributed by atoms with Crippen molar-refractivity contribution in [3.05, 3.63) is 76.8 Å². The van der Waals surface area contributed by atoms with Crippen molar-refractivity contribution in [2.45, 2.75) is 42.4 Å². The maximum atomic E-state index is 6.38. The minimum atomic E-state index is 0.425. The van der Waals surface area contributed by atoms with Crippen LogP contribution >= 0.6 is 35.0 Å². The molecule has 6 heteroatoms. The summed E-state index contributed by atoms with van der Waals surface area (Å²) in [5, 5.41) is 1.86. The molecule has 0 amide bonds. The van der Waals surface area contributed by atoms with E-state index in [4.69, 9.17) is 23.2 Å². The highest BCUT2D eigenvalue weighted by Crippen LogP contribution is 2.31. The molecule has 1 saturated heterocycles. The third kappa shape index (κ3) is 5.71. The third-order valence-electron chi connectivity index (χ3n) is 5.34. The van der Waals surface area contributed by atoms with Crippen molar-refractivity contribution in [2.24, 2.45) is 0 Å². The van der Waals surface area contributed by atoms with Gasteiger partial charge in [-0.25, -0.2) is 4.98 Å². The first-order valence-electron chi connectivity index (χ1n) is 10.1. The average Bonchev–Trinajstić information content (AvgIpc) is 3.42. The van der Waals surface area contributed by atoms with Crippen LogP contribution in [0.2, 0.25) is 10.0 Å². The van der Waals surface area contributed by atoms with Gasteiger partial charge in [-0.2, -0.15) is 0 Å². The molecule has 0 spiro atoms. The summed E-state index contributed by atoms with van der Waals surface area (Å²) >= 11 is 14.4. The van der Waals surface area contributed by atoms with Crippen LogP contribution in [0.15, 0.2) is 66.1 Å². The van der Waals surface area contributed by atoms with E-state index in [-0.39, 0.29) is 0 Å². The molecule has 29 heavy (non-hydrogen) atoms. The van der Waals surface area contributed by atoms with Crippen molar-refractivity contribution in [2.75, 3.05) is 18.0 Å². The first kappa shape index (κ1) is 20.6. The lowest BCUT2D eigenvalue weighted by Crippen LogP contribution is -2.17. The van der Waals surface area contributed by atoms with Crippen LogP contribution in [-0.2, 0) is 13.0 Å². The molecule has 0 bridgehead atoms. The third-order valence-corrected chi connectivity index (χ3v) is 7.18. The summed E-state index contributed by atoms with van der Waals surface area (Å²) in [6.07, 6.45) is 10.3. The van der Waals surface area contributed by atoms with Gasteiger partial charge in [0.1, 0.15) is 0 Å². The Morgan fingerprint density at radius 2 is 1.83 bits per heavy atom. The SMILES string of the molecule is Clc1ccc(CCC(Cn2ccnc2)Sc2ccc(N3CCCC3)cc2)c(Cl)c1. The Morgan fingerprint density at radius 3 is 2.52 bits per heavy atom. The van der Waals surface area contributed by atoms with Crippen molar-refractivity contribution < 1.29 is 0 Å². The van der Waals surface area contributed by atoms with Gasteiger partial charge in [0.05, 0.1) is 6.33 Å². The first-order valence-corrected chi connectivity index (χ1v) is 11.7. The molecule has 2 aromatic carbocycles. The van der Waals surface area contributed by atoms with Crippen molar-refractivity contribution in [3.8, 4) is 0 Å².